The molecule has 1 N–H and O–H groups in total. The molecule has 10 nitrogen and oxygen atoms in total. The first-order chi connectivity index (χ1) is 19.2. The molecule has 2 aromatic carbocycles. The van der Waals surface area contributed by atoms with Crippen molar-refractivity contribution in [3.05, 3.63) is 69.7 Å². The summed E-state index contributed by atoms with van der Waals surface area (Å²) in [5.41, 5.74) is 4.60. The van der Waals surface area contributed by atoms with Crippen molar-refractivity contribution >= 4 is 17.5 Å². The van der Waals surface area contributed by atoms with Crippen LogP contribution in [-0.2, 0) is 29.2 Å². The van der Waals surface area contributed by atoms with E-state index >= 15 is 0 Å². The monoisotopic (exact) mass is 548 g/mol. The summed E-state index contributed by atoms with van der Waals surface area (Å²) in [7, 11) is 1.77. The zero-order valence-electron chi connectivity index (χ0n) is 24.1. The van der Waals surface area contributed by atoms with E-state index in [1.807, 2.05) is 49.2 Å². The van der Waals surface area contributed by atoms with Crippen LogP contribution in [0.2, 0.25) is 0 Å². The number of carbonyl (C=O) groups is 2. The predicted molar refractivity (Wildman–Crippen MR) is 154 cm³/mol. The van der Waals surface area contributed by atoms with Gasteiger partial charge in [0.1, 0.15) is 0 Å². The van der Waals surface area contributed by atoms with Gasteiger partial charge in [-0.15, -0.1) is 5.10 Å². The highest BCUT2D eigenvalue weighted by molar-refractivity contribution is 5.87. The van der Waals surface area contributed by atoms with Gasteiger partial charge in [0.25, 0.3) is 5.91 Å². The van der Waals surface area contributed by atoms with Gasteiger partial charge < -0.3 is 14.6 Å². The van der Waals surface area contributed by atoms with Crippen LogP contribution in [0.25, 0.3) is 11.5 Å². The van der Waals surface area contributed by atoms with Crippen molar-refractivity contribution in [1.29, 1.82) is 0 Å². The number of aromatic nitrogens is 2. The zero-order valence-corrected chi connectivity index (χ0v) is 24.1. The van der Waals surface area contributed by atoms with Gasteiger partial charge in [-0.1, -0.05) is 44.2 Å². The number of benzene rings is 2. The summed E-state index contributed by atoms with van der Waals surface area (Å²) in [6.45, 7) is 10.4. The van der Waals surface area contributed by atoms with E-state index in [2.05, 4.69) is 36.4 Å². The average molecular weight is 549 g/mol. The number of aryl methyl sites for hydroxylation is 2. The molecule has 10 heteroatoms. The Morgan fingerprint density at radius 1 is 1.10 bits per heavy atom. The first-order valence-corrected chi connectivity index (χ1v) is 13.9. The molecule has 3 aromatic rings. The zero-order chi connectivity index (χ0) is 28.8. The van der Waals surface area contributed by atoms with Gasteiger partial charge in [-0.3, -0.25) is 14.6 Å². The van der Waals surface area contributed by atoms with E-state index in [0.29, 0.717) is 43.3 Å². The highest BCUT2D eigenvalue weighted by Crippen LogP contribution is 2.28. The SMILES string of the molecule is CCn1nc(-c2ccc(C)c(N(CC(=O)NCCCC(C)C)CC(=O)N(C)N3Cc4ccccc4C3)c2)oc1=O. The van der Waals surface area contributed by atoms with E-state index in [1.54, 1.807) is 17.0 Å². The van der Waals surface area contributed by atoms with Crippen molar-refractivity contribution in [2.24, 2.45) is 5.92 Å². The molecule has 1 aromatic heterocycles. The van der Waals surface area contributed by atoms with Crippen molar-refractivity contribution in [3.63, 3.8) is 0 Å². The standard InChI is InChI=1S/C30H40N6O4/c1-6-36-30(39)40-29(32-36)23-14-13-22(4)26(16-23)34(19-27(37)31-15-9-10-21(2)3)20-28(38)33(5)35-17-24-11-7-8-12-25(24)18-35/h7-8,11-14,16,21H,6,9-10,15,17-20H2,1-5H3,(H,31,37). The molecule has 0 unspecified atom stereocenters. The van der Waals surface area contributed by atoms with Crippen LogP contribution in [0.15, 0.2) is 51.7 Å². The lowest BCUT2D eigenvalue weighted by Crippen LogP contribution is -2.48. The Morgan fingerprint density at radius 2 is 1.80 bits per heavy atom. The molecule has 40 heavy (non-hydrogen) atoms. The number of nitrogens with one attached hydrogen (secondary N) is 1. The van der Waals surface area contributed by atoms with E-state index in [-0.39, 0.29) is 30.8 Å². The van der Waals surface area contributed by atoms with Crippen LogP contribution in [0.1, 0.15) is 50.3 Å². The maximum atomic E-state index is 13.6. The van der Waals surface area contributed by atoms with Gasteiger partial charge in [0, 0.05) is 44.5 Å². The maximum Gasteiger partial charge on any atom is 0.437 e. The lowest BCUT2D eigenvalue weighted by atomic mass is 10.1. The Kier molecular flexibility index (Phi) is 9.42. The lowest BCUT2D eigenvalue weighted by molar-refractivity contribution is -0.145. The quantitative estimate of drug-likeness (QED) is 0.345. The van der Waals surface area contributed by atoms with Crippen LogP contribution in [0.5, 0.6) is 0 Å². The minimum atomic E-state index is -0.527. The predicted octanol–water partition coefficient (Wildman–Crippen LogP) is 3.58. The summed E-state index contributed by atoms with van der Waals surface area (Å²) in [5.74, 6) is -0.0450. The third-order valence-electron chi connectivity index (χ3n) is 7.25. The number of hydrogen-bond donors (Lipinski definition) is 1. The second-order valence-electron chi connectivity index (χ2n) is 10.7. The van der Waals surface area contributed by atoms with Crippen LogP contribution in [-0.4, -0.2) is 58.3 Å². The summed E-state index contributed by atoms with van der Waals surface area (Å²) in [4.78, 5) is 40.5. The molecule has 4 rings (SSSR count). The molecule has 0 saturated heterocycles. The molecule has 1 aliphatic rings. The summed E-state index contributed by atoms with van der Waals surface area (Å²) >= 11 is 0. The van der Waals surface area contributed by atoms with E-state index in [9.17, 15) is 14.4 Å². The third-order valence-corrected chi connectivity index (χ3v) is 7.25. The van der Waals surface area contributed by atoms with Crippen LogP contribution in [0.3, 0.4) is 0 Å². The first kappa shape index (κ1) is 29.1. The average Bonchev–Trinajstić information content (AvgIpc) is 3.53. The van der Waals surface area contributed by atoms with Gasteiger partial charge in [-0.2, -0.15) is 4.68 Å². The fourth-order valence-corrected chi connectivity index (χ4v) is 4.85. The van der Waals surface area contributed by atoms with Crippen LogP contribution in [0.4, 0.5) is 5.69 Å². The number of rotatable bonds is 12. The number of hydrazine groups is 1. The summed E-state index contributed by atoms with van der Waals surface area (Å²) in [6.07, 6.45) is 1.93. The number of amides is 2. The summed E-state index contributed by atoms with van der Waals surface area (Å²) in [5, 5.41) is 10.9. The van der Waals surface area contributed by atoms with Gasteiger partial charge in [0.15, 0.2) is 0 Å². The van der Waals surface area contributed by atoms with Crippen LogP contribution < -0.4 is 16.0 Å². The number of fused-ring (bicyclic) bond motifs is 1. The number of hydrogen-bond acceptors (Lipinski definition) is 7. The van der Waals surface area contributed by atoms with Gasteiger partial charge in [0.2, 0.25) is 11.8 Å². The Bertz CT molecular complexity index is 1370. The Balaban J connectivity index is 1.55. The molecule has 0 fully saturated rings. The molecule has 214 valence electrons. The fraction of sp³-hybridized carbons (Fsp3) is 0.467. The number of anilines is 1. The minimum Gasteiger partial charge on any atom is -0.388 e. The maximum absolute atomic E-state index is 13.6. The highest BCUT2D eigenvalue weighted by atomic mass is 16.4. The molecular formula is C30H40N6O4. The van der Waals surface area contributed by atoms with Crippen molar-refractivity contribution < 1.29 is 14.0 Å². The van der Waals surface area contributed by atoms with E-state index in [1.165, 1.54) is 15.8 Å². The summed E-state index contributed by atoms with van der Waals surface area (Å²) < 4.78 is 6.62. The van der Waals surface area contributed by atoms with Gasteiger partial charge >= 0.3 is 5.76 Å². The second-order valence-corrected chi connectivity index (χ2v) is 10.7. The molecule has 1 aliphatic heterocycles. The van der Waals surface area contributed by atoms with Crippen LogP contribution in [0, 0.1) is 12.8 Å². The Labute approximate surface area is 235 Å². The molecule has 0 saturated carbocycles. The fourth-order valence-electron chi connectivity index (χ4n) is 4.85. The first-order valence-electron chi connectivity index (χ1n) is 13.9. The van der Waals surface area contributed by atoms with Crippen molar-refractivity contribution in [2.45, 2.75) is 60.2 Å². The Hall–Kier alpha value is -3.92. The second kappa shape index (κ2) is 13.0. The third kappa shape index (κ3) is 6.98. The summed E-state index contributed by atoms with van der Waals surface area (Å²) in [6, 6.07) is 13.7. The van der Waals surface area contributed by atoms with Gasteiger partial charge in [-0.25, -0.2) is 9.80 Å². The molecular weight excluding hydrogens is 508 g/mol. The lowest BCUT2D eigenvalue weighted by Gasteiger charge is -2.32. The largest absolute Gasteiger partial charge is 0.437 e. The smallest absolute Gasteiger partial charge is 0.388 e. The Morgan fingerprint density at radius 3 is 2.42 bits per heavy atom. The highest BCUT2D eigenvalue weighted by Gasteiger charge is 2.27. The molecule has 2 amide bonds. The van der Waals surface area contributed by atoms with Gasteiger partial charge in [-0.05, 0) is 61.4 Å². The number of nitrogens with zero attached hydrogens (tertiary/aromatic N) is 5. The normalized spacial score (nSPS) is 12.9. The topological polar surface area (TPSA) is 104 Å². The minimum absolute atomic E-state index is 0.000398. The number of likely N-dealkylation sites (N-methyl/N-ethyl adjacent to an activating group) is 1. The van der Waals surface area contributed by atoms with Crippen molar-refractivity contribution in [2.75, 3.05) is 31.6 Å². The molecule has 0 atom stereocenters. The van der Waals surface area contributed by atoms with Crippen LogP contribution >= 0.6 is 0 Å². The van der Waals surface area contributed by atoms with E-state index in [0.717, 1.165) is 18.4 Å². The molecule has 0 aliphatic carbocycles. The van der Waals surface area contributed by atoms with E-state index < -0.39 is 5.76 Å². The molecule has 2 heterocycles. The molecule has 0 spiro atoms. The van der Waals surface area contributed by atoms with E-state index in [4.69, 9.17) is 4.42 Å². The van der Waals surface area contributed by atoms with Crippen molar-refractivity contribution in [1.82, 2.24) is 25.1 Å². The number of carbonyl (C=O) groups excluding carboxylic acids is 2. The molecule has 0 bridgehead atoms. The van der Waals surface area contributed by atoms with Crippen molar-refractivity contribution in [3.8, 4) is 11.5 Å². The molecule has 0 radical (unpaired) electrons. The van der Waals surface area contributed by atoms with Gasteiger partial charge in [0.05, 0.1) is 13.1 Å².